The van der Waals surface area contributed by atoms with Crippen molar-refractivity contribution in [2.45, 2.75) is 12.6 Å². The maximum absolute atomic E-state index is 10.5. The van der Waals surface area contributed by atoms with Crippen LogP contribution >= 0.6 is 7.60 Å². The normalized spacial score (nSPS) is 12.4. The Morgan fingerprint density at radius 3 is 2.64 bits per heavy atom. The molecule has 0 aliphatic carbocycles. The predicted molar refractivity (Wildman–Crippen MR) is 74.9 cm³/mol. The monoisotopic (exact) mass is 391 g/mol. The van der Waals surface area contributed by atoms with Crippen LogP contribution in [0, 0.1) is 0 Å². The molecule has 128 valence electrons. The van der Waals surface area contributed by atoms with E-state index >= 15 is 0 Å². The van der Waals surface area contributed by atoms with Gasteiger partial charge in [-0.2, -0.15) is 0 Å². The van der Waals surface area contributed by atoms with Crippen molar-refractivity contribution in [1.82, 2.24) is 19.5 Å². The molecule has 0 spiro atoms. The van der Waals surface area contributed by atoms with E-state index in [-0.39, 0.29) is 91.2 Å². The minimum absolute atomic E-state index is 0. The van der Waals surface area contributed by atoms with Gasteiger partial charge in [-0.05, 0) is 7.60 Å². The summed E-state index contributed by atoms with van der Waals surface area (Å²) in [4.78, 5) is 33.1. The number of hydrogen-bond donors (Lipinski definition) is 2. The van der Waals surface area contributed by atoms with Gasteiger partial charge in [0.05, 0.1) is 32.5 Å². The molecule has 0 amide bonds. The number of aliphatic hydroxyl groups excluding tert-OH is 1. The van der Waals surface area contributed by atoms with Crippen LogP contribution in [0.5, 0.6) is 0 Å². The summed E-state index contributed by atoms with van der Waals surface area (Å²) in [6.45, 7) is -0.186. The minimum atomic E-state index is -4.71. The summed E-state index contributed by atoms with van der Waals surface area (Å²) in [7, 11) is -4.71. The van der Waals surface area contributed by atoms with E-state index in [0.717, 1.165) is 0 Å². The molecule has 0 aliphatic heterocycles. The van der Waals surface area contributed by atoms with Crippen LogP contribution in [0.25, 0.3) is 11.2 Å². The van der Waals surface area contributed by atoms with E-state index in [1.807, 2.05) is 0 Å². The third-order valence-corrected chi connectivity index (χ3v) is 3.36. The third-order valence-electron chi connectivity index (χ3n) is 2.86. The number of aliphatic hydroxyl groups is 1. The van der Waals surface area contributed by atoms with Gasteiger partial charge in [0.15, 0.2) is 11.5 Å². The third kappa shape index (κ3) is 7.87. The molecule has 0 fully saturated rings. The first kappa shape index (κ1) is 25.4. The molecule has 14 heteroatoms. The molecule has 2 aromatic heterocycles. The van der Waals surface area contributed by atoms with Gasteiger partial charge in [0.1, 0.15) is 18.1 Å². The summed E-state index contributed by atoms with van der Waals surface area (Å²) in [5, 5.41) is 8.90. The van der Waals surface area contributed by atoms with E-state index in [9.17, 15) is 14.4 Å². The van der Waals surface area contributed by atoms with E-state index < -0.39 is 20.2 Å². The molecule has 0 aliphatic rings. The molecule has 2 rings (SSSR count). The van der Waals surface area contributed by atoms with Crippen molar-refractivity contribution in [3.05, 3.63) is 12.7 Å². The largest absolute Gasteiger partial charge is 1.00 e. The van der Waals surface area contributed by atoms with Crippen molar-refractivity contribution in [3.8, 4) is 0 Å². The van der Waals surface area contributed by atoms with Crippen LogP contribution < -0.4 is 74.6 Å². The molecule has 0 radical (unpaired) electrons. The summed E-state index contributed by atoms with van der Waals surface area (Å²) < 4.78 is 22.4. The second kappa shape index (κ2) is 12.0. The van der Waals surface area contributed by atoms with E-state index in [2.05, 4.69) is 15.0 Å². The Kier molecular flexibility index (Phi) is 12.1. The summed E-state index contributed by atoms with van der Waals surface area (Å²) in [6, 6.07) is 0. The zero-order valence-electron chi connectivity index (χ0n) is 14.1. The van der Waals surface area contributed by atoms with E-state index in [1.54, 1.807) is 4.57 Å². The first-order valence-corrected chi connectivity index (χ1v) is 8.39. The predicted octanol–water partition coefficient (Wildman–Crippen LogP) is -7.80. The molecule has 0 unspecified atom stereocenters. The summed E-state index contributed by atoms with van der Waals surface area (Å²) in [5.74, 6) is 0.213. The van der Waals surface area contributed by atoms with Crippen LogP contribution in [-0.2, 0) is 14.0 Å². The fourth-order valence-electron chi connectivity index (χ4n) is 1.93. The fourth-order valence-corrected chi connectivity index (χ4v) is 2.29. The molecule has 0 bridgehead atoms. The second-order valence-electron chi connectivity index (χ2n) is 4.57. The van der Waals surface area contributed by atoms with Crippen LogP contribution in [-0.4, -0.2) is 50.8 Å². The molecule has 0 aromatic carbocycles. The maximum Gasteiger partial charge on any atom is 1.00 e. The average molecular weight is 391 g/mol. The Hall–Kier alpha value is 0.380. The number of nitrogen functional groups attached to an aromatic ring is 1. The number of nitrogens with two attached hydrogens (primary N) is 1. The first-order chi connectivity index (χ1) is 10.9. The van der Waals surface area contributed by atoms with Gasteiger partial charge < -0.3 is 34.7 Å². The zero-order chi connectivity index (χ0) is 16.9. The quantitative estimate of drug-likeness (QED) is 0.238. The Balaban J connectivity index is 0.00000288. The van der Waals surface area contributed by atoms with Gasteiger partial charge in [0.25, 0.3) is 0 Å². The molecule has 1 atom stereocenters. The molecule has 2 aromatic rings. The van der Waals surface area contributed by atoms with Gasteiger partial charge in [-0.15, -0.1) is 0 Å². The minimum Gasteiger partial charge on any atom is -0.809 e. The maximum atomic E-state index is 10.5. The Labute approximate surface area is 188 Å². The molecule has 0 saturated carbocycles. The number of imidazole rings is 1. The van der Waals surface area contributed by atoms with Crippen LogP contribution in [0.3, 0.4) is 0 Å². The second-order valence-corrected chi connectivity index (χ2v) is 6.05. The Morgan fingerprint density at radius 1 is 1.28 bits per heavy atom. The Bertz CT molecular complexity index is 699. The van der Waals surface area contributed by atoms with Gasteiger partial charge in [0, 0.05) is 6.42 Å². The summed E-state index contributed by atoms with van der Waals surface area (Å²) in [5.41, 5.74) is 6.53. The number of anilines is 1. The van der Waals surface area contributed by atoms with Gasteiger partial charge in [-0.25, -0.2) is 15.0 Å². The number of aromatic nitrogens is 4. The molecular weight excluding hydrogens is 375 g/mol. The van der Waals surface area contributed by atoms with Crippen LogP contribution in [0.15, 0.2) is 12.7 Å². The number of fused-ring (bicyclic) bond motifs is 1. The van der Waals surface area contributed by atoms with Crippen LogP contribution in [0.1, 0.15) is 12.6 Å². The molecule has 0 saturated heterocycles. The first-order valence-electron chi connectivity index (χ1n) is 6.66. The topological polar surface area (TPSA) is 172 Å². The van der Waals surface area contributed by atoms with E-state index in [4.69, 9.17) is 20.3 Å². The van der Waals surface area contributed by atoms with Crippen molar-refractivity contribution in [1.29, 1.82) is 0 Å². The zero-order valence-corrected chi connectivity index (χ0v) is 19.0. The van der Waals surface area contributed by atoms with E-state index in [0.29, 0.717) is 11.2 Å². The number of nitrogens with zero attached hydrogens (tertiary/aromatic N) is 4. The molecule has 11 nitrogen and oxygen atoms in total. The van der Waals surface area contributed by atoms with Gasteiger partial charge in [-0.3, -0.25) is 4.57 Å². The van der Waals surface area contributed by atoms with Crippen molar-refractivity contribution in [2.75, 3.05) is 31.9 Å². The molecule has 25 heavy (non-hydrogen) atoms. The van der Waals surface area contributed by atoms with Crippen molar-refractivity contribution in [2.24, 2.45) is 0 Å². The number of ether oxygens (including phenoxy) is 2. The van der Waals surface area contributed by atoms with Gasteiger partial charge in [-0.1, -0.05) is 0 Å². The van der Waals surface area contributed by atoms with E-state index in [1.165, 1.54) is 12.7 Å². The molecular formula is C11H16N5Na2O6P. The molecule has 2 heterocycles. The summed E-state index contributed by atoms with van der Waals surface area (Å²) in [6.07, 6.45) is 1.43. The van der Waals surface area contributed by atoms with Crippen molar-refractivity contribution < 1.29 is 88.0 Å². The number of rotatable bonds is 9. The number of hydrogen-bond acceptors (Lipinski definition) is 10. The SMILES string of the molecule is Nc1ncnc2c1ncn2[C@@H](CCOCP(=O)([O-])[O-])OCCO.[Na+].[Na+]. The van der Waals surface area contributed by atoms with Crippen LogP contribution in [0.4, 0.5) is 5.82 Å². The van der Waals surface area contributed by atoms with Crippen molar-refractivity contribution in [3.63, 3.8) is 0 Å². The van der Waals surface area contributed by atoms with Gasteiger partial charge in [0.2, 0.25) is 0 Å². The van der Waals surface area contributed by atoms with Crippen molar-refractivity contribution >= 4 is 24.6 Å². The fraction of sp³-hybridized carbons (Fsp3) is 0.545. The molecule has 3 N–H and O–H groups in total. The smallest absolute Gasteiger partial charge is 0.809 e. The Morgan fingerprint density at radius 2 is 2.00 bits per heavy atom. The van der Waals surface area contributed by atoms with Crippen LogP contribution in [0.2, 0.25) is 0 Å². The van der Waals surface area contributed by atoms with Gasteiger partial charge >= 0.3 is 59.1 Å². The average Bonchev–Trinajstić information content (AvgIpc) is 2.91. The summed E-state index contributed by atoms with van der Waals surface area (Å²) >= 11 is 0. The standard InChI is InChI=1S/C11H18N5O6P.2Na/c12-10-9-11(14-5-13-10)16(6-15-9)8(22-4-2-17)1-3-21-7-23(18,19)20;;/h5-6,8,17H,1-4,7H2,(H2,12,13,14)(H2,18,19,20);;/q;2*+1/p-2/t8-;;/m1../s1.